The SMILES string of the molecule is ClC1N(Cc2ccccc2)c2ccccc2N1Cc1ccccc1. The van der Waals surface area contributed by atoms with E-state index in [1.54, 1.807) is 0 Å². The van der Waals surface area contributed by atoms with Crippen LogP contribution in [-0.4, -0.2) is 5.62 Å². The number of rotatable bonds is 4. The second-order valence-corrected chi connectivity index (χ2v) is 6.42. The van der Waals surface area contributed by atoms with E-state index in [1.165, 1.54) is 22.5 Å². The number of hydrogen-bond acceptors (Lipinski definition) is 2. The summed E-state index contributed by atoms with van der Waals surface area (Å²) in [4.78, 5) is 4.52. The molecule has 3 aromatic carbocycles. The zero-order valence-corrected chi connectivity index (χ0v) is 14.1. The quantitative estimate of drug-likeness (QED) is 0.476. The fraction of sp³-hybridized carbons (Fsp3) is 0.143. The van der Waals surface area contributed by atoms with Crippen LogP contribution >= 0.6 is 11.6 Å². The van der Waals surface area contributed by atoms with Crippen molar-refractivity contribution in [3.8, 4) is 0 Å². The van der Waals surface area contributed by atoms with Crippen LogP contribution in [0.5, 0.6) is 0 Å². The Labute approximate surface area is 147 Å². The van der Waals surface area contributed by atoms with Crippen molar-refractivity contribution in [3.63, 3.8) is 0 Å². The van der Waals surface area contributed by atoms with E-state index in [2.05, 4.69) is 82.6 Å². The first-order valence-electron chi connectivity index (χ1n) is 8.17. The molecule has 2 nitrogen and oxygen atoms in total. The lowest BCUT2D eigenvalue weighted by Gasteiger charge is -2.28. The van der Waals surface area contributed by atoms with Gasteiger partial charge in [-0.3, -0.25) is 0 Å². The van der Waals surface area contributed by atoms with Crippen LogP contribution in [0.4, 0.5) is 11.4 Å². The number of nitrogens with zero attached hydrogens (tertiary/aromatic N) is 2. The molecule has 0 N–H and O–H groups in total. The highest BCUT2D eigenvalue weighted by Gasteiger charge is 2.34. The zero-order chi connectivity index (χ0) is 16.4. The van der Waals surface area contributed by atoms with Gasteiger partial charge in [-0.15, -0.1) is 0 Å². The Morgan fingerprint density at radius 1 is 0.583 bits per heavy atom. The molecule has 1 aliphatic rings. The van der Waals surface area contributed by atoms with E-state index in [0.717, 1.165) is 13.1 Å². The third-order valence-electron chi connectivity index (χ3n) is 4.41. The molecule has 0 spiro atoms. The topological polar surface area (TPSA) is 6.48 Å². The van der Waals surface area contributed by atoms with Crippen LogP contribution in [0.25, 0.3) is 0 Å². The first kappa shape index (κ1) is 15.1. The third kappa shape index (κ3) is 2.85. The molecule has 1 heterocycles. The van der Waals surface area contributed by atoms with Crippen molar-refractivity contribution in [2.75, 3.05) is 9.80 Å². The van der Waals surface area contributed by atoms with Crippen LogP contribution in [0, 0.1) is 0 Å². The molecule has 0 aromatic heterocycles. The highest BCUT2D eigenvalue weighted by molar-refractivity contribution is 6.24. The first-order valence-corrected chi connectivity index (χ1v) is 8.61. The average molecular weight is 335 g/mol. The van der Waals surface area contributed by atoms with Gasteiger partial charge in [0.15, 0.2) is 5.62 Å². The summed E-state index contributed by atoms with van der Waals surface area (Å²) in [7, 11) is 0. The smallest absolute Gasteiger partial charge is 0.181 e. The predicted molar refractivity (Wildman–Crippen MR) is 101 cm³/mol. The van der Waals surface area contributed by atoms with E-state index in [9.17, 15) is 0 Å². The molecule has 3 aromatic rings. The molecule has 0 amide bonds. The van der Waals surface area contributed by atoms with Gasteiger partial charge >= 0.3 is 0 Å². The molecule has 120 valence electrons. The van der Waals surface area contributed by atoms with E-state index in [0.29, 0.717) is 0 Å². The van der Waals surface area contributed by atoms with Crippen LogP contribution < -0.4 is 9.80 Å². The Balaban J connectivity index is 1.65. The molecule has 0 saturated heterocycles. The monoisotopic (exact) mass is 334 g/mol. The number of para-hydroxylation sites is 2. The first-order chi connectivity index (χ1) is 11.8. The summed E-state index contributed by atoms with van der Waals surface area (Å²) in [6.45, 7) is 1.61. The highest BCUT2D eigenvalue weighted by Crippen LogP contribution is 2.42. The van der Waals surface area contributed by atoms with Crippen molar-refractivity contribution < 1.29 is 0 Å². The molecular weight excluding hydrogens is 316 g/mol. The number of alkyl halides is 1. The lowest BCUT2D eigenvalue weighted by atomic mass is 10.2. The van der Waals surface area contributed by atoms with Gasteiger partial charge in [0.2, 0.25) is 0 Å². The largest absolute Gasteiger partial charge is 0.332 e. The van der Waals surface area contributed by atoms with Crippen LogP contribution in [0.2, 0.25) is 0 Å². The van der Waals surface area contributed by atoms with Crippen molar-refractivity contribution in [1.82, 2.24) is 0 Å². The Kier molecular flexibility index (Phi) is 4.14. The molecule has 0 atom stereocenters. The van der Waals surface area contributed by atoms with Gasteiger partial charge in [-0.1, -0.05) is 84.4 Å². The maximum absolute atomic E-state index is 6.86. The Bertz CT molecular complexity index is 736. The van der Waals surface area contributed by atoms with Gasteiger partial charge in [0, 0.05) is 13.1 Å². The fourth-order valence-electron chi connectivity index (χ4n) is 3.23. The van der Waals surface area contributed by atoms with Crippen LogP contribution in [0.3, 0.4) is 0 Å². The summed E-state index contributed by atoms with van der Waals surface area (Å²) in [5.41, 5.74) is 4.72. The second-order valence-electron chi connectivity index (χ2n) is 6.03. The molecule has 0 saturated carbocycles. The van der Waals surface area contributed by atoms with Crippen molar-refractivity contribution in [2.24, 2.45) is 0 Å². The number of fused-ring (bicyclic) bond motifs is 1. The second kappa shape index (κ2) is 6.58. The fourth-order valence-corrected chi connectivity index (χ4v) is 3.58. The minimum absolute atomic E-state index is 0.192. The summed E-state index contributed by atoms with van der Waals surface area (Å²) in [5.74, 6) is 0. The number of halogens is 1. The van der Waals surface area contributed by atoms with Crippen molar-refractivity contribution in [3.05, 3.63) is 96.1 Å². The van der Waals surface area contributed by atoms with Crippen molar-refractivity contribution in [2.45, 2.75) is 18.7 Å². The minimum Gasteiger partial charge on any atom is -0.332 e. The van der Waals surface area contributed by atoms with Gasteiger partial charge in [0.05, 0.1) is 11.4 Å². The zero-order valence-electron chi connectivity index (χ0n) is 13.3. The standard InChI is InChI=1S/C21H19ClN2/c22-21-23(15-17-9-3-1-4-10-17)19-13-7-8-14-20(19)24(21)16-18-11-5-2-6-12-18/h1-14,21H,15-16H2. The number of hydrogen-bond donors (Lipinski definition) is 0. The van der Waals surface area contributed by atoms with E-state index in [4.69, 9.17) is 11.6 Å². The normalized spacial score (nSPS) is 14.0. The van der Waals surface area contributed by atoms with Crippen LogP contribution in [0.1, 0.15) is 11.1 Å². The molecule has 0 bridgehead atoms. The number of benzene rings is 3. The van der Waals surface area contributed by atoms with Crippen molar-refractivity contribution in [1.29, 1.82) is 0 Å². The molecule has 4 rings (SSSR count). The molecule has 0 aliphatic carbocycles. The molecular formula is C21H19ClN2. The molecule has 0 unspecified atom stereocenters. The Hall–Kier alpha value is -2.45. The summed E-state index contributed by atoms with van der Waals surface area (Å²) in [6, 6.07) is 29.4. The van der Waals surface area contributed by atoms with Gasteiger partial charge < -0.3 is 9.80 Å². The van der Waals surface area contributed by atoms with E-state index in [1.807, 2.05) is 12.1 Å². The van der Waals surface area contributed by atoms with Gasteiger partial charge in [0.25, 0.3) is 0 Å². The summed E-state index contributed by atoms with van der Waals surface area (Å²) < 4.78 is 0. The lowest BCUT2D eigenvalue weighted by Crippen LogP contribution is -2.38. The highest BCUT2D eigenvalue weighted by atomic mass is 35.5. The summed E-state index contributed by atoms with van der Waals surface area (Å²) >= 11 is 6.86. The number of anilines is 2. The Morgan fingerprint density at radius 2 is 0.958 bits per heavy atom. The third-order valence-corrected chi connectivity index (χ3v) is 4.88. The molecule has 3 heteroatoms. The Morgan fingerprint density at radius 3 is 1.38 bits per heavy atom. The average Bonchev–Trinajstić information content (AvgIpc) is 2.90. The molecule has 24 heavy (non-hydrogen) atoms. The van der Waals surface area contributed by atoms with E-state index in [-0.39, 0.29) is 5.62 Å². The van der Waals surface area contributed by atoms with Gasteiger partial charge in [-0.2, -0.15) is 0 Å². The summed E-state index contributed by atoms with van der Waals surface area (Å²) in [5, 5.41) is 0. The minimum atomic E-state index is -0.192. The van der Waals surface area contributed by atoms with Gasteiger partial charge in [-0.25, -0.2) is 0 Å². The van der Waals surface area contributed by atoms with Gasteiger partial charge in [0.1, 0.15) is 0 Å². The van der Waals surface area contributed by atoms with Crippen LogP contribution in [-0.2, 0) is 13.1 Å². The van der Waals surface area contributed by atoms with E-state index >= 15 is 0 Å². The van der Waals surface area contributed by atoms with Crippen LogP contribution in [0.15, 0.2) is 84.9 Å². The van der Waals surface area contributed by atoms with Gasteiger partial charge in [-0.05, 0) is 23.3 Å². The van der Waals surface area contributed by atoms with E-state index < -0.39 is 0 Å². The molecule has 0 radical (unpaired) electrons. The molecule has 0 fully saturated rings. The predicted octanol–water partition coefficient (Wildman–Crippen LogP) is 5.24. The van der Waals surface area contributed by atoms with Crippen molar-refractivity contribution >= 4 is 23.0 Å². The maximum Gasteiger partial charge on any atom is 0.181 e. The maximum atomic E-state index is 6.86. The lowest BCUT2D eigenvalue weighted by molar-refractivity contribution is 0.713. The molecule has 1 aliphatic heterocycles. The summed E-state index contributed by atoms with van der Waals surface area (Å²) in [6.07, 6.45) is 0.